The van der Waals surface area contributed by atoms with Gasteiger partial charge in [0, 0.05) is 16.7 Å². The fourth-order valence-corrected chi connectivity index (χ4v) is 3.85. The summed E-state index contributed by atoms with van der Waals surface area (Å²) in [5.41, 5.74) is 2.75. The molecule has 4 heteroatoms. The molecule has 1 spiro atoms. The van der Waals surface area contributed by atoms with Crippen LogP contribution in [0.1, 0.15) is 25.8 Å². The van der Waals surface area contributed by atoms with Crippen LogP contribution in [0.5, 0.6) is 0 Å². The molecule has 0 saturated carbocycles. The molecule has 0 saturated heterocycles. The second kappa shape index (κ2) is 4.69. The van der Waals surface area contributed by atoms with Gasteiger partial charge in [0.15, 0.2) is 0 Å². The van der Waals surface area contributed by atoms with Crippen LogP contribution in [0.3, 0.4) is 0 Å². The third-order valence-electron chi connectivity index (χ3n) is 5.33. The highest BCUT2D eigenvalue weighted by Crippen LogP contribution is 2.53. The number of aryl methyl sites for hydroxylation is 1. The lowest BCUT2D eigenvalue weighted by Gasteiger charge is -2.45. The summed E-state index contributed by atoms with van der Waals surface area (Å²) >= 11 is 0. The predicted molar refractivity (Wildman–Crippen MR) is 93.5 cm³/mol. The van der Waals surface area contributed by atoms with E-state index in [1.165, 1.54) is 4.90 Å². The maximum absolute atomic E-state index is 12.9. The number of carbonyl (C=O) groups is 2. The molecule has 1 aromatic rings. The van der Waals surface area contributed by atoms with Crippen molar-refractivity contribution in [2.24, 2.45) is 5.41 Å². The van der Waals surface area contributed by atoms with Crippen LogP contribution in [-0.2, 0) is 4.79 Å². The van der Waals surface area contributed by atoms with Crippen LogP contribution in [0.4, 0.5) is 10.5 Å². The monoisotopic (exact) mass is 320 g/mol. The van der Waals surface area contributed by atoms with Crippen LogP contribution in [-0.4, -0.2) is 22.4 Å². The molecule has 0 atom stereocenters. The van der Waals surface area contributed by atoms with Crippen LogP contribution >= 0.6 is 0 Å². The molecule has 3 amide bonds. The molecule has 3 aliphatic carbocycles. The van der Waals surface area contributed by atoms with Crippen molar-refractivity contribution in [2.45, 2.75) is 32.7 Å². The molecule has 0 fully saturated rings. The van der Waals surface area contributed by atoms with Gasteiger partial charge in [0.1, 0.15) is 5.54 Å². The van der Waals surface area contributed by atoms with E-state index in [-0.39, 0.29) is 11.3 Å². The summed E-state index contributed by atoms with van der Waals surface area (Å²) in [5.74, 6) is -0.213. The Morgan fingerprint density at radius 2 is 1.71 bits per heavy atom. The van der Waals surface area contributed by atoms with Gasteiger partial charge >= 0.3 is 6.03 Å². The van der Waals surface area contributed by atoms with E-state index in [1.807, 2.05) is 50.3 Å². The van der Waals surface area contributed by atoms with Gasteiger partial charge in [-0.15, -0.1) is 0 Å². The lowest BCUT2D eigenvalue weighted by molar-refractivity contribution is -0.124. The van der Waals surface area contributed by atoms with Gasteiger partial charge in [-0.2, -0.15) is 0 Å². The van der Waals surface area contributed by atoms with Gasteiger partial charge in [-0.1, -0.05) is 48.9 Å². The van der Waals surface area contributed by atoms with Gasteiger partial charge in [0.2, 0.25) is 0 Å². The fourth-order valence-electron chi connectivity index (χ4n) is 3.85. The van der Waals surface area contributed by atoms with Gasteiger partial charge in [0.05, 0.1) is 0 Å². The third-order valence-corrected chi connectivity index (χ3v) is 5.33. The smallest absolute Gasteiger partial charge is 0.307 e. The molecule has 0 unspecified atom stereocenters. The molecule has 4 nitrogen and oxygen atoms in total. The minimum absolute atomic E-state index is 0.0535. The number of benzene rings is 1. The van der Waals surface area contributed by atoms with E-state index < -0.39 is 11.6 Å². The zero-order valence-corrected chi connectivity index (χ0v) is 14.1. The van der Waals surface area contributed by atoms with Gasteiger partial charge < -0.3 is 5.32 Å². The third kappa shape index (κ3) is 1.92. The number of nitrogens with zero attached hydrogens (tertiary/aromatic N) is 1. The Hall–Kier alpha value is -2.62. The largest absolute Gasteiger partial charge is 0.330 e. The zero-order chi connectivity index (χ0) is 17.1. The molecule has 1 heterocycles. The van der Waals surface area contributed by atoms with Crippen molar-refractivity contribution < 1.29 is 9.59 Å². The number of rotatable bonds is 1. The normalized spacial score (nSPS) is 30.1. The highest BCUT2D eigenvalue weighted by Gasteiger charge is 2.55. The molecule has 24 heavy (non-hydrogen) atoms. The van der Waals surface area contributed by atoms with Crippen LogP contribution in [0, 0.1) is 12.3 Å². The molecule has 5 rings (SSSR count). The van der Waals surface area contributed by atoms with Crippen molar-refractivity contribution in [1.29, 1.82) is 0 Å². The molecule has 0 radical (unpaired) electrons. The van der Waals surface area contributed by atoms with E-state index in [0.29, 0.717) is 11.3 Å². The Bertz CT molecular complexity index is 829. The Morgan fingerprint density at radius 3 is 2.33 bits per heavy atom. The van der Waals surface area contributed by atoms with Crippen molar-refractivity contribution in [2.75, 3.05) is 5.32 Å². The summed E-state index contributed by atoms with van der Waals surface area (Å²) in [5, 5.41) is 2.85. The lowest BCUT2D eigenvalue weighted by Crippen LogP contribution is -2.54. The Labute approximate surface area is 141 Å². The Morgan fingerprint density at radius 1 is 1.08 bits per heavy atom. The van der Waals surface area contributed by atoms with E-state index in [4.69, 9.17) is 0 Å². The summed E-state index contributed by atoms with van der Waals surface area (Å²) < 4.78 is 0. The van der Waals surface area contributed by atoms with E-state index in [2.05, 4.69) is 24.4 Å². The van der Waals surface area contributed by atoms with Crippen LogP contribution < -0.4 is 5.32 Å². The number of anilines is 1. The quantitative estimate of drug-likeness (QED) is 0.796. The highest BCUT2D eigenvalue weighted by molar-refractivity contribution is 6.12. The molecule has 0 aromatic heterocycles. The fraction of sp³-hybridized carbons (Fsp3) is 0.300. The summed E-state index contributed by atoms with van der Waals surface area (Å²) in [6.07, 6.45) is 8.98. The Balaban J connectivity index is 1.70. The van der Waals surface area contributed by atoms with Crippen molar-refractivity contribution >= 4 is 17.6 Å². The summed E-state index contributed by atoms with van der Waals surface area (Å²) in [4.78, 5) is 27.0. The second-order valence-corrected chi connectivity index (χ2v) is 7.21. The number of hydrogen-bond donors (Lipinski definition) is 1. The van der Waals surface area contributed by atoms with Crippen molar-refractivity contribution in [1.82, 2.24) is 4.90 Å². The second-order valence-electron chi connectivity index (χ2n) is 7.21. The standard InChI is InChI=1S/C20H20N2O2/c1-13-4-6-15(7-5-13)21-18(24)22-17(23)14(2)16-12-19(3)8-10-20(16,22)11-9-19/h4-11H,12H2,1-3H3,(H,21,24). The van der Waals surface area contributed by atoms with Crippen molar-refractivity contribution in [3.8, 4) is 0 Å². The maximum Gasteiger partial charge on any atom is 0.330 e. The number of imide groups is 1. The average Bonchev–Trinajstić information content (AvgIpc) is 2.78. The predicted octanol–water partition coefficient (Wildman–Crippen LogP) is 3.96. The SMILES string of the molecule is CC1=C2CC3(C)C=CC2(C=C3)N(C(=O)Nc2ccc(C)cc2)C1=O. The first-order valence-corrected chi connectivity index (χ1v) is 8.18. The van der Waals surface area contributed by atoms with Crippen LogP contribution in [0.2, 0.25) is 0 Å². The number of carbonyl (C=O) groups excluding carboxylic acids is 2. The average molecular weight is 320 g/mol. The van der Waals surface area contributed by atoms with Crippen molar-refractivity contribution in [3.05, 3.63) is 65.3 Å². The molecule has 4 aliphatic rings. The summed E-state index contributed by atoms with van der Waals surface area (Å²) in [7, 11) is 0. The van der Waals surface area contributed by atoms with Crippen LogP contribution in [0.15, 0.2) is 59.7 Å². The maximum atomic E-state index is 12.9. The van der Waals surface area contributed by atoms with Crippen molar-refractivity contribution in [3.63, 3.8) is 0 Å². The first kappa shape index (κ1) is 14.9. The van der Waals surface area contributed by atoms with E-state index >= 15 is 0 Å². The summed E-state index contributed by atoms with van der Waals surface area (Å²) in [6, 6.07) is 7.16. The number of allylic oxidation sites excluding steroid dienone is 2. The first-order valence-electron chi connectivity index (χ1n) is 8.18. The molecule has 1 aliphatic heterocycles. The zero-order valence-electron chi connectivity index (χ0n) is 14.1. The Kier molecular flexibility index (Phi) is 2.92. The van der Waals surface area contributed by atoms with Gasteiger partial charge in [-0.05, 0) is 38.0 Å². The van der Waals surface area contributed by atoms with E-state index in [0.717, 1.165) is 17.6 Å². The number of amides is 3. The minimum atomic E-state index is -0.728. The molecule has 122 valence electrons. The molecule has 1 aromatic carbocycles. The van der Waals surface area contributed by atoms with E-state index in [9.17, 15) is 9.59 Å². The minimum Gasteiger partial charge on any atom is -0.307 e. The highest BCUT2D eigenvalue weighted by atomic mass is 16.2. The molecule has 2 bridgehead atoms. The lowest BCUT2D eigenvalue weighted by atomic mass is 9.65. The van der Waals surface area contributed by atoms with E-state index in [1.54, 1.807) is 0 Å². The molecule has 1 N–H and O–H groups in total. The first-order chi connectivity index (χ1) is 11.3. The number of nitrogens with one attached hydrogen (secondary N) is 1. The molecular weight excluding hydrogens is 300 g/mol. The van der Waals surface area contributed by atoms with Gasteiger partial charge in [0.25, 0.3) is 5.91 Å². The van der Waals surface area contributed by atoms with Gasteiger partial charge in [-0.3, -0.25) is 4.79 Å². The topological polar surface area (TPSA) is 49.4 Å². The number of urea groups is 1. The van der Waals surface area contributed by atoms with Crippen LogP contribution in [0.25, 0.3) is 0 Å². The van der Waals surface area contributed by atoms with Gasteiger partial charge in [-0.25, -0.2) is 9.69 Å². The summed E-state index contributed by atoms with van der Waals surface area (Å²) in [6.45, 7) is 5.96. The number of hydrogen-bond acceptors (Lipinski definition) is 2. The molecular formula is C20H20N2O2.